The van der Waals surface area contributed by atoms with Crippen LogP contribution in [0.25, 0.3) is 0 Å². The predicted octanol–water partition coefficient (Wildman–Crippen LogP) is 5.82. The molecule has 0 fully saturated rings. The van der Waals surface area contributed by atoms with Crippen LogP contribution in [0.15, 0.2) is 48.5 Å². The van der Waals surface area contributed by atoms with Crippen molar-refractivity contribution in [1.82, 2.24) is 0 Å². The third-order valence-corrected chi connectivity index (χ3v) is 9.22. The number of rotatable bonds is 5. The zero-order chi connectivity index (χ0) is 19.2. The SMILES string of the molecule is COc1ccc(OC(F)(F)C(F)(F)I2OC(C)(C)c3ccccc32)cc1. The van der Waals surface area contributed by atoms with Crippen LogP contribution in [0.3, 0.4) is 0 Å². The average Bonchev–Trinajstić information content (AvgIpc) is 2.87. The minimum absolute atomic E-state index is 0.185. The number of hydrogen-bond acceptors (Lipinski definition) is 3. The van der Waals surface area contributed by atoms with E-state index in [1.165, 1.54) is 25.3 Å². The maximum atomic E-state index is 14.8. The molecule has 1 aliphatic heterocycles. The van der Waals surface area contributed by atoms with Crippen LogP contribution in [0.1, 0.15) is 19.4 Å². The molecular formula is C18H17F4IO3. The van der Waals surface area contributed by atoms with Crippen LogP contribution < -0.4 is 9.47 Å². The molecule has 0 N–H and O–H groups in total. The minimum atomic E-state index is -4.71. The molecule has 0 bridgehead atoms. The first-order chi connectivity index (χ1) is 12.1. The number of hydrogen-bond donors (Lipinski definition) is 0. The molecule has 0 spiro atoms. The molecule has 0 unspecified atom stereocenters. The number of fused-ring (bicyclic) bond motifs is 1. The fourth-order valence-electron chi connectivity index (χ4n) is 2.50. The Morgan fingerprint density at radius 2 is 1.50 bits per heavy atom. The summed E-state index contributed by atoms with van der Waals surface area (Å²) < 4.78 is 69.0. The molecule has 8 heteroatoms. The van der Waals surface area contributed by atoms with E-state index in [1.54, 1.807) is 32.0 Å². The van der Waals surface area contributed by atoms with E-state index < -0.39 is 35.9 Å². The van der Waals surface area contributed by atoms with Crippen LogP contribution in [0.2, 0.25) is 0 Å². The van der Waals surface area contributed by atoms with Gasteiger partial charge < -0.3 is 0 Å². The molecule has 0 saturated heterocycles. The van der Waals surface area contributed by atoms with Gasteiger partial charge in [0.15, 0.2) is 0 Å². The van der Waals surface area contributed by atoms with Crippen LogP contribution in [-0.2, 0) is 8.67 Å². The van der Waals surface area contributed by atoms with Gasteiger partial charge in [0.05, 0.1) is 0 Å². The molecule has 3 rings (SSSR count). The number of benzene rings is 2. The summed E-state index contributed by atoms with van der Waals surface area (Å²) in [7, 11) is 1.40. The van der Waals surface area contributed by atoms with Gasteiger partial charge in [-0.1, -0.05) is 0 Å². The van der Waals surface area contributed by atoms with Crippen molar-refractivity contribution in [2.24, 2.45) is 0 Å². The molecule has 1 aliphatic rings. The molecule has 0 atom stereocenters. The van der Waals surface area contributed by atoms with Crippen molar-refractivity contribution < 1.29 is 30.1 Å². The monoisotopic (exact) mass is 484 g/mol. The van der Waals surface area contributed by atoms with E-state index in [9.17, 15) is 17.6 Å². The summed E-state index contributed by atoms with van der Waals surface area (Å²) in [6.45, 7) is 3.20. The fraction of sp³-hybridized carbons (Fsp3) is 0.333. The van der Waals surface area contributed by atoms with Crippen molar-refractivity contribution in [3.63, 3.8) is 0 Å². The summed E-state index contributed by atoms with van der Waals surface area (Å²) in [6.07, 6.45) is -4.71. The van der Waals surface area contributed by atoms with Gasteiger partial charge in [-0.3, -0.25) is 0 Å². The quantitative estimate of drug-likeness (QED) is 0.305. The van der Waals surface area contributed by atoms with Crippen LogP contribution in [-0.4, -0.2) is 17.1 Å². The van der Waals surface area contributed by atoms with Crippen LogP contribution >= 0.6 is 20.2 Å². The third-order valence-electron chi connectivity index (χ3n) is 3.83. The summed E-state index contributed by atoms with van der Waals surface area (Å²) in [5.74, 6) is 0.0240. The second-order valence-corrected chi connectivity index (χ2v) is 10.5. The van der Waals surface area contributed by atoms with Gasteiger partial charge in [-0.2, -0.15) is 0 Å². The predicted molar refractivity (Wildman–Crippen MR) is 96.8 cm³/mol. The molecule has 142 valence electrons. The third kappa shape index (κ3) is 3.24. The molecule has 2 aromatic carbocycles. The molecule has 0 amide bonds. The standard InChI is InChI=1S/C18H17F4IO3/c1-16(2)14-6-4-5-7-15(14)23(26-16)17(19,20)18(21,22)25-13-10-8-12(24-3)9-11-13/h4-11H,1-3H3. The molecular weight excluding hydrogens is 467 g/mol. The first-order valence-corrected chi connectivity index (χ1v) is 10.7. The van der Waals surface area contributed by atoms with Gasteiger partial charge in [-0.05, 0) is 0 Å². The van der Waals surface area contributed by atoms with Crippen molar-refractivity contribution in [1.29, 1.82) is 0 Å². The molecule has 2 aromatic rings. The summed E-state index contributed by atoms with van der Waals surface area (Å²) in [5.41, 5.74) is -0.522. The molecule has 26 heavy (non-hydrogen) atoms. The molecule has 1 heterocycles. The molecule has 0 saturated carbocycles. The Morgan fingerprint density at radius 3 is 2.12 bits per heavy atom. The number of ether oxygens (including phenoxy) is 2. The van der Waals surface area contributed by atoms with E-state index in [0.29, 0.717) is 11.3 Å². The fourth-order valence-corrected chi connectivity index (χ4v) is 7.65. The first kappa shape index (κ1) is 19.2. The summed E-state index contributed by atoms with van der Waals surface area (Å²) in [6, 6.07) is 11.3. The second kappa shape index (κ2) is 6.56. The van der Waals surface area contributed by atoms with Gasteiger partial charge in [0, 0.05) is 0 Å². The van der Waals surface area contributed by atoms with Gasteiger partial charge in [0.1, 0.15) is 0 Å². The topological polar surface area (TPSA) is 27.7 Å². The van der Waals surface area contributed by atoms with Crippen LogP contribution in [0, 0.1) is 3.57 Å². The molecule has 0 aromatic heterocycles. The Bertz CT molecular complexity index is 793. The zero-order valence-corrected chi connectivity index (χ0v) is 16.4. The maximum absolute atomic E-state index is 14.8. The normalized spacial score (nSPS) is 17.7. The van der Waals surface area contributed by atoms with E-state index in [-0.39, 0.29) is 9.32 Å². The Morgan fingerprint density at radius 1 is 0.923 bits per heavy atom. The number of methoxy groups -OCH3 is 1. The van der Waals surface area contributed by atoms with Crippen molar-refractivity contribution in [3.05, 3.63) is 57.7 Å². The van der Waals surface area contributed by atoms with Crippen LogP contribution in [0.4, 0.5) is 17.6 Å². The van der Waals surface area contributed by atoms with Crippen molar-refractivity contribution >= 4 is 20.2 Å². The van der Waals surface area contributed by atoms with Gasteiger partial charge in [-0.15, -0.1) is 0 Å². The molecule has 0 aliphatic carbocycles. The Labute approximate surface area is 156 Å². The van der Waals surface area contributed by atoms with Gasteiger partial charge >= 0.3 is 156 Å². The first-order valence-electron chi connectivity index (χ1n) is 7.66. The summed E-state index contributed by atoms with van der Waals surface area (Å²) >= 11 is -4.05. The average molecular weight is 484 g/mol. The van der Waals surface area contributed by atoms with E-state index >= 15 is 0 Å². The van der Waals surface area contributed by atoms with E-state index in [1.807, 2.05) is 0 Å². The molecule has 3 nitrogen and oxygen atoms in total. The van der Waals surface area contributed by atoms with E-state index in [2.05, 4.69) is 4.74 Å². The van der Waals surface area contributed by atoms with Crippen molar-refractivity contribution in [2.45, 2.75) is 29.5 Å². The number of alkyl halides is 5. The van der Waals surface area contributed by atoms with Gasteiger partial charge in [0.25, 0.3) is 0 Å². The van der Waals surface area contributed by atoms with Gasteiger partial charge in [-0.25, -0.2) is 0 Å². The van der Waals surface area contributed by atoms with Crippen molar-refractivity contribution in [3.8, 4) is 11.5 Å². The Kier molecular flexibility index (Phi) is 4.85. The molecule has 0 radical (unpaired) electrons. The zero-order valence-electron chi connectivity index (χ0n) is 14.2. The Hall–Kier alpha value is -1.55. The second-order valence-electron chi connectivity index (χ2n) is 6.11. The van der Waals surface area contributed by atoms with E-state index in [0.717, 1.165) is 12.1 Å². The van der Waals surface area contributed by atoms with Gasteiger partial charge in [0.2, 0.25) is 0 Å². The number of halogens is 5. The summed E-state index contributed by atoms with van der Waals surface area (Å²) in [4.78, 5) is 0. The summed E-state index contributed by atoms with van der Waals surface area (Å²) in [5, 5.41) is 0. The van der Waals surface area contributed by atoms with E-state index in [4.69, 9.17) is 7.80 Å². The van der Waals surface area contributed by atoms with Crippen molar-refractivity contribution in [2.75, 3.05) is 7.11 Å². The van der Waals surface area contributed by atoms with Crippen LogP contribution in [0.5, 0.6) is 11.5 Å². The Balaban J connectivity index is 1.91.